The molecule has 0 amide bonds. The SMILES string of the molecule is CC(Sc1ccccc1)c1ccc(C(F)(F)F)nc1. The first kappa shape index (κ1) is 13.9. The van der Waals surface area contributed by atoms with E-state index < -0.39 is 11.9 Å². The van der Waals surface area contributed by atoms with Gasteiger partial charge in [0, 0.05) is 16.3 Å². The van der Waals surface area contributed by atoms with Crippen LogP contribution in [-0.2, 0) is 6.18 Å². The van der Waals surface area contributed by atoms with Gasteiger partial charge in [-0.15, -0.1) is 11.8 Å². The van der Waals surface area contributed by atoms with Crippen molar-refractivity contribution < 1.29 is 13.2 Å². The van der Waals surface area contributed by atoms with E-state index in [1.54, 1.807) is 11.8 Å². The normalized spacial score (nSPS) is 13.3. The van der Waals surface area contributed by atoms with Crippen LogP contribution >= 0.6 is 11.8 Å². The first-order chi connectivity index (χ1) is 8.97. The second kappa shape index (κ2) is 5.65. The molecular formula is C14H12F3NS. The molecule has 1 nitrogen and oxygen atoms in total. The van der Waals surface area contributed by atoms with E-state index in [9.17, 15) is 13.2 Å². The summed E-state index contributed by atoms with van der Waals surface area (Å²) in [6.45, 7) is 1.95. The van der Waals surface area contributed by atoms with Crippen LogP contribution in [0.25, 0.3) is 0 Å². The molecule has 0 spiro atoms. The number of rotatable bonds is 3. The molecule has 0 aliphatic rings. The maximum atomic E-state index is 12.4. The number of pyridine rings is 1. The van der Waals surface area contributed by atoms with Gasteiger partial charge in [-0.1, -0.05) is 24.3 Å². The minimum Gasteiger partial charge on any atom is -0.251 e. The standard InChI is InChI=1S/C14H12F3NS/c1-10(19-12-5-3-2-4-6-12)11-7-8-13(18-9-11)14(15,16)17/h2-10H,1H3. The van der Waals surface area contributed by atoms with E-state index in [4.69, 9.17) is 0 Å². The van der Waals surface area contributed by atoms with E-state index in [2.05, 4.69) is 4.98 Å². The quantitative estimate of drug-likeness (QED) is 0.739. The fraction of sp³-hybridized carbons (Fsp3) is 0.214. The molecule has 1 heterocycles. The van der Waals surface area contributed by atoms with E-state index in [1.165, 1.54) is 12.3 Å². The summed E-state index contributed by atoms with van der Waals surface area (Å²) in [5, 5.41) is 0.0529. The summed E-state index contributed by atoms with van der Waals surface area (Å²) in [4.78, 5) is 4.55. The third-order valence-electron chi connectivity index (χ3n) is 2.60. The summed E-state index contributed by atoms with van der Waals surface area (Å²) in [5.41, 5.74) is -0.0741. The van der Waals surface area contributed by atoms with Crippen molar-refractivity contribution in [2.75, 3.05) is 0 Å². The number of aromatic nitrogens is 1. The fourth-order valence-corrected chi connectivity index (χ4v) is 2.58. The summed E-state index contributed by atoms with van der Waals surface area (Å²) in [6, 6.07) is 12.2. The van der Waals surface area contributed by atoms with E-state index in [0.29, 0.717) is 0 Å². The Morgan fingerprint density at radius 2 is 1.74 bits per heavy atom. The number of thioether (sulfide) groups is 1. The van der Waals surface area contributed by atoms with Crippen LogP contribution in [0.15, 0.2) is 53.6 Å². The lowest BCUT2D eigenvalue weighted by Gasteiger charge is -2.12. The van der Waals surface area contributed by atoms with Crippen molar-refractivity contribution in [1.82, 2.24) is 4.98 Å². The Morgan fingerprint density at radius 3 is 2.26 bits per heavy atom. The Balaban J connectivity index is 2.10. The predicted molar refractivity (Wildman–Crippen MR) is 70.0 cm³/mol. The van der Waals surface area contributed by atoms with Crippen LogP contribution in [0.4, 0.5) is 13.2 Å². The van der Waals surface area contributed by atoms with Gasteiger partial charge in [0.1, 0.15) is 5.69 Å². The first-order valence-corrected chi connectivity index (χ1v) is 6.59. The molecule has 2 aromatic rings. The van der Waals surface area contributed by atoms with Crippen molar-refractivity contribution in [1.29, 1.82) is 0 Å². The van der Waals surface area contributed by atoms with E-state index >= 15 is 0 Å². The van der Waals surface area contributed by atoms with Gasteiger partial charge in [-0.2, -0.15) is 13.2 Å². The summed E-state index contributed by atoms with van der Waals surface area (Å²) in [7, 11) is 0. The van der Waals surface area contributed by atoms with Crippen molar-refractivity contribution in [3.05, 3.63) is 59.9 Å². The van der Waals surface area contributed by atoms with Gasteiger partial charge in [0.15, 0.2) is 0 Å². The second-order valence-electron chi connectivity index (χ2n) is 4.05. The topological polar surface area (TPSA) is 12.9 Å². The van der Waals surface area contributed by atoms with Gasteiger partial charge in [0.2, 0.25) is 0 Å². The van der Waals surface area contributed by atoms with Crippen LogP contribution in [0.5, 0.6) is 0 Å². The Kier molecular flexibility index (Phi) is 4.14. The van der Waals surface area contributed by atoms with Crippen LogP contribution in [0.1, 0.15) is 23.4 Å². The third-order valence-corrected chi connectivity index (χ3v) is 3.77. The van der Waals surface area contributed by atoms with E-state index in [0.717, 1.165) is 16.5 Å². The monoisotopic (exact) mass is 283 g/mol. The number of nitrogens with zero attached hydrogens (tertiary/aromatic N) is 1. The second-order valence-corrected chi connectivity index (χ2v) is 5.46. The van der Waals surface area contributed by atoms with Crippen LogP contribution in [0.3, 0.4) is 0 Å². The smallest absolute Gasteiger partial charge is 0.251 e. The molecule has 1 aromatic carbocycles. The van der Waals surface area contributed by atoms with Crippen LogP contribution in [0.2, 0.25) is 0 Å². The molecule has 19 heavy (non-hydrogen) atoms. The Bertz CT molecular complexity index is 523. The lowest BCUT2D eigenvalue weighted by molar-refractivity contribution is -0.141. The Morgan fingerprint density at radius 1 is 1.05 bits per heavy atom. The highest BCUT2D eigenvalue weighted by molar-refractivity contribution is 7.99. The lowest BCUT2D eigenvalue weighted by Crippen LogP contribution is -2.07. The highest BCUT2D eigenvalue weighted by atomic mass is 32.2. The molecule has 0 fully saturated rings. The highest BCUT2D eigenvalue weighted by Crippen LogP contribution is 2.35. The minimum atomic E-state index is -4.38. The zero-order valence-corrected chi connectivity index (χ0v) is 11.0. The molecule has 0 radical (unpaired) electrons. The molecule has 2 rings (SSSR count). The van der Waals surface area contributed by atoms with Crippen LogP contribution < -0.4 is 0 Å². The van der Waals surface area contributed by atoms with Crippen molar-refractivity contribution in [2.45, 2.75) is 23.2 Å². The van der Waals surface area contributed by atoms with E-state index in [-0.39, 0.29) is 5.25 Å². The molecule has 0 bridgehead atoms. The zero-order chi connectivity index (χ0) is 13.9. The third kappa shape index (κ3) is 3.73. The molecule has 0 aliphatic heterocycles. The molecule has 0 N–H and O–H groups in total. The van der Waals surface area contributed by atoms with Crippen LogP contribution in [-0.4, -0.2) is 4.98 Å². The zero-order valence-electron chi connectivity index (χ0n) is 10.2. The average molecular weight is 283 g/mol. The number of benzene rings is 1. The minimum absolute atomic E-state index is 0.0529. The maximum Gasteiger partial charge on any atom is 0.433 e. The maximum absolute atomic E-state index is 12.4. The lowest BCUT2D eigenvalue weighted by atomic mass is 10.2. The molecule has 0 saturated heterocycles. The van der Waals surface area contributed by atoms with Gasteiger partial charge in [0.25, 0.3) is 0 Å². The number of hydrogen-bond donors (Lipinski definition) is 0. The molecule has 1 unspecified atom stereocenters. The van der Waals surface area contributed by atoms with Crippen LogP contribution in [0, 0.1) is 0 Å². The van der Waals surface area contributed by atoms with Gasteiger partial charge < -0.3 is 0 Å². The first-order valence-electron chi connectivity index (χ1n) is 5.71. The molecule has 0 aliphatic carbocycles. The Hall–Kier alpha value is -1.49. The number of halogens is 3. The molecule has 100 valence electrons. The molecule has 1 atom stereocenters. The number of alkyl halides is 3. The van der Waals surface area contributed by atoms with Crippen molar-refractivity contribution in [2.24, 2.45) is 0 Å². The molecule has 0 saturated carbocycles. The van der Waals surface area contributed by atoms with Gasteiger partial charge in [-0.3, -0.25) is 4.98 Å². The fourth-order valence-electron chi connectivity index (χ4n) is 1.58. The van der Waals surface area contributed by atoms with Gasteiger partial charge >= 0.3 is 6.18 Å². The highest BCUT2D eigenvalue weighted by Gasteiger charge is 2.32. The van der Waals surface area contributed by atoms with Gasteiger partial charge in [-0.05, 0) is 30.7 Å². The summed E-state index contributed by atoms with van der Waals surface area (Å²) in [6.07, 6.45) is -3.09. The van der Waals surface area contributed by atoms with Gasteiger partial charge in [-0.25, -0.2) is 0 Å². The number of hydrogen-bond acceptors (Lipinski definition) is 2. The van der Waals surface area contributed by atoms with Crippen molar-refractivity contribution >= 4 is 11.8 Å². The van der Waals surface area contributed by atoms with Gasteiger partial charge in [0.05, 0.1) is 0 Å². The van der Waals surface area contributed by atoms with Crippen molar-refractivity contribution in [3.63, 3.8) is 0 Å². The van der Waals surface area contributed by atoms with Crippen molar-refractivity contribution in [3.8, 4) is 0 Å². The molecule has 1 aromatic heterocycles. The average Bonchev–Trinajstić information content (AvgIpc) is 2.39. The summed E-state index contributed by atoms with van der Waals surface area (Å²) in [5.74, 6) is 0. The summed E-state index contributed by atoms with van der Waals surface area (Å²) >= 11 is 1.59. The van der Waals surface area contributed by atoms with E-state index in [1.807, 2.05) is 37.3 Å². The molecular weight excluding hydrogens is 271 g/mol. The predicted octanol–water partition coefficient (Wildman–Crippen LogP) is 4.95. The Labute approximate surface area is 113 Å². The summed E-state index contributed by atoms with van der Waals surface area (Å²) < 4.78 is 37.2. The molecule has 5 heteroatoms. The largest absolute Gasteiger partial charge is 0.433 e.